The molecule has 1 saturated heterocycles. The normalized spacial score (nSPS) is 18.7. The van der Waals surface area contributed by atoms with Gasteiger partial charge in [-0.25, -0.2) is 4.99 Å². The van der Waals surface area contributed by atoms with Crippen LogP contribution in [0.25, 0.3) is 0 Å². The van der Waals surface area contributed by atoms with E-state index in [1.807, 2.05) is 13.0 Å². The van der Waals surface area contributed by atoms with E-state index in [0.717, 1.165) is 42.8 Å². The number of aryl methyl sites for hydroxylation is 1. The van der Waals surface area contributed by atoms with Gasteiger partial charge in [0.2, 0.25) is 0 Å². The van der Waals surface area contributed by atoms with Gasteiger partial charge in [0.25, 0.3) is 0 Å². The Morgan fingerprint density at radius 3 is 3.09 bits per heavy atom. The van der Waals surface area contributed by atoms with Crippen LogP contribution in [0.5, 0.6) is 0 Å². The molecule has 6 heteroatoms. The molecule has 1 atom stereocenters. The highest BCUT2D eigenvalue weighted by Gasteiger charge is 2.16. The Balaban J connectivity index is 2.05. The van der Waals surface area contributed by atoms with Crippen molar-refractivity contribution in [3.05, 3.63) is 29.1 Å². The Labute approximate surface area is 137 Å². The van der Waals surface area contributed by atoms with E-state index in [1.54, 1.807) is 12.4 Å². The lowest BCUT2D eigenvalue weighted by molar-refractivity contribution is -0.465. The molecular weight excluding hydrogens is 290 g/mol. The molecule has 1 fully saturated rings. The topological polar surface area (TPSA) is 100 Å². The van der Waals surface area contributed by atoms with E-state index in [1.165, 1.54) is 6.42 Å². The third-order valence-corrected chi connectivity index (χ3v) is 3.65. The summed E-state index contributed by atoms with van der Waals surface area (Å²) < 4.78 is 5.68. The molecule has 23 heavy (non-hydrogen) atoms. The van der Waals surface area contributed by atoms with Crippen LogP contribution in [0.2, 0.25) is 0 Å². The average Bonchev–Trinajstić information content (AvgIpc) is 2.58. The van der Waals surface area contributed by atoms with Crippen molar-refractivity contribution in [3.8, 4) is 11.8 Å². The van der Waals surface area contributed by atoms with Crippen LogP contribution in [0.3, 0.4) is 0 Å². The lowest BCUT2D eigenvalue weighted by Gasteiger charge is -2.18. The van der Waals surface area contributed by atoms with Crippen LogP contribution < -0.4 is 16.6 Å². The smallest absolute Gasteiger partial charge is 0.191 e. The van der Waals surface area contributed by atoms with Gasteiger partial charge in [-0.2, -0.15) is 5.10 Å². The Hall–Kier alpha value is -2.23. The summed E-state index contributed by atoms with van der Waals surface area (Å²) in [7, 11) is 0. The van der Waals surface area contributed by atoms with E-state index in [4.69, 9.17) is 16.3 Å². The van der Waals surface area contributed by atoms with E-state index < -0.39 is 0 Å². The minimum atomic E-state index is 0.252. The maximum atomic E-state index is 5.68. The first kappa shape index (κ1) is 17.1. The Kier molecular flexibility index (Phi) is 6.73. The standard InChI is InChI=1S/C17H23N5O/c1-13-9-14(5-4-7-18)10-21-17(13)16(22-19)12-20-11-15-6-2-3-8-23-15/h9-10,12,15H,2-3,6-8,11,18-19H2,1H3/p+1/b20-12?,22-16+. The van der Waals surface area contributed by atoms with Crippen molar-refractivity contribution in [2.24, 2.45) is 16.7 Å². The zero-order valence-electron chi connectivity index (χ0n) is 13.5. The quantitative estimate of drug-likeness (QED) is 0.290. The number of rotatable bonds is 4. The predicted molar refractivity (Wildman–Crippen MR) is 91.1 cm³/mol. The number of hydrogen-bond donors (Lipinski definition) is 3. The van der Waals surface area contributed by atoms with Gasteiger partial charge >= 0.3 is 0 Å². The molecule has 1 aromatic heterocycles. The third kappa shape index (κ3) is 5.16. The molecule has 5 N–H and O–H groups in total. The molecule has 1 aromatic rings. The summed E-state index contributed by atoms with van der Waals surface area (Å²) in [6.45, 7) is 3.88. The van der Waals surface area contributed by atoms with Gasteiger partial charge in [-0.15, -0.1) is 0 Å². The van der Waals surface area contributed by atoms with Crippen LogP contribution in [-0.2, 0) is 4.74 Å². The number of ether oxygens (including phenoxy) is 1. The molecule has 1 aliphatic heterocycles. The fourth-order valence-electron chi connectivity index (χ4n) is 2.49. The molecule has 0 spiro atoms. The molecule has 0 radical (unpaired) electrons. The number of hydrazone groups is 1. The second kappa shape index (κ2) is 9.03. The molecule has 2 rings (SSSR count). The van der Waals surface area contributed by atoms with Gasteiger partial charge < -0.3 is 16.3 Å². The number of nitrogens with two attached hydrogens (primary N) is 2. The fraction of sp³-hybridized carbons (Fsp3) is 0.471. The lowest BCUT2D eigenvalue weighted by Crippen LogP contribution is -2.73. The predicted octanol–water partition coefficient (Wildman–Crippen LogP) is -0.916. The van der Waals surface area contributed by atoms with E-state index in [9.17, 15) is 0 Å². The van der Waals surface area contributed by atoms with E-state index in [2.05, 4.69) is 26.9 Å². The van der Waals surface area contributed by atoms with Crippen molar-refractivity contribution in [2.75, 3.05) is 19.7 Å². The van der Waals surface area contributed by atoms with E-state index in [0.29, 0.717) is 12.3 Å². The van der Waals surface area contributed by atoms with E-state index in [-0.39, 0.29) is 6.10 Å². The van der Waals surface area contributed by atoms with Crippen LogP contribution in [-0.4, -0.2) is 42.7 Å². The van der Waals surface area contributed by atoms with Gasteiger partial charge in [0.1, 0.15) is 6.10 Å². The zero-order chi connectivity index (χ0) is 16.5. The van der Waals surface area contributed by atoms with Crippen LogP contribution in [0.4, 0.5) is 0 Å². The number of hydrogen-bond acceptors (Lipinski definition) is 5. The summed E-state index contributed by atoms with van der Waals surface area (Å²) in [5, 5.41) is 3.83. The SMILES string of the molecule is Cc1cc(C#CCN)cnc1/C(C=[NH+]CC1CCCCO1)=N/N. The fourth-order valence-corrected chi connectivity index (χ4v) is 2.49. The first-order valence-corrected chi connectivity index (χ1v) is 7.86. The van der Waals surface area contributed by atoms with Crippen LogP contribution in [0.15, 0.2) is 17.4 Å². The van der Waals surface area contributed by atoms with Crippen molar-refractivity contribution in [1.82, 2.24) is 4.98 Å². The van der Waals surface area contributed by atoms with Crippen molar-refractivity contribution in [1.29, 1.82) is 0 Å². The van der Waals surface area contributed by atoms with Gasteiger partial charge in [-0.3, -0.25) is 4.98 Å². The highest BCUT2D eigenvalue weighted by atomic mass is 16.5. The molecule has 0 bridgehead atoms. The van der Waals surface area contributed by atoms with Crippen LogP contribution >= 0.6 is 0 Å². The largest absolute Gasteiger partial charge is 0.372 e. The molecule has 122 valence electrons. The second-order valence-corrected chi connectivity index (χ2v) is 5.45. The summed E-state index contributed by atoms with van der Waals surface area (Å²) >= 11 is 0. The summed E-state index contributed by atoms with van der Waals surface area (Å²) in [5.41, 5.74) is 8.52. The first-order valence-electron chi connectivity index (χ1n) is 7.86. The van der Waals surface area contributed by atoms with Gasteiger partial charge in [-0.1, -0.05) is 11.8 Å². The monoisotopic (exact) mass is 314 g/mol. The number of pyridine rings is 1. The Morgan fingerprint density at radius 2 is 2.43 bits per heavy atom. The highest BCUT2D eigenvalue weighted by molar-refractivity contribution is 6.36. The first-order chi connectivity index (χ1) is 11.2. The third-order valence-electron chi connectivity index (χ3n) is 3.65. The number of nitrogens with one attached hydrogen (secondary N) is 1. The lowest BCUT2D eigenvalue weighted by atomic mass is 10.1. The zero-order valence-corrected chi connectivity index (χ0v) is 13.5. The molecule has 0 aromatic carbocycles. The second-order valence-electron chi connectivity index (χ2n) is 5.45. The number of nitrogens with zero attached hydrogens (tertiary/aromatic N) is 2. The Morgan fingerprint density at radius 1 is 1.57 bits per heavy atom. The Bertz CT molecular complexity index is 636. The summed E-state index contributed by atoms with van der Waals surface area (Å²) in [6, 6.07) is 1.95. The van der Waals surface area contributed by atoms with Crippen LogP contribution in [0.1, 0.15) is 36.1 Å². The minimum Gasteiger partial charge on any atom is -0.372 e. The van der Waals surface area contributed by atoms with Crippen molar-refractivity contribution >= 4 is 11.9 Å². The molecule has 1 aliphatic rings. The van der Waals surface area contributed by atoms with Gasteiger partial charge in [0, 0.05) is 18.4 Å². The van der Waals surface area contributed by atoms with E-state index >= 15 is 0 Å². The number of aromatic nitrogens is 1. The van der Waals surface area contributed by atoms with Crippen molar-refractivity contribution < 1.29 is 9.73 Å². The molecule has 2 heterocycles. The molecule has 0 aliphatic carbocycles. The minimum absolute atomic E-state index is 0.252. The van der Waals surface area contributed by atoms with Gasteiger partial charge in [0.15, 0.2) is 18.5 Å². The molecule has 1 unspecified atom stereocenters. The molecular formula is C17H24N5O+. The summed E-state index contributed by atoms with van der Waals surface area (Å²) in [6.07, 6.45) is 7.20. The molecule has 6 nitrogen and oxygen atoms in total. The maximum Gasteiger partial charge on any atom is 0.191 e. The average molecular weight is 314 g/mol. The van der Waals surface area contributed by atoms with Gasteiger partial charge in [-0.05, 0) is 37.8 Å². The maximum absolute atomic E-state index is 5.68. The summed E-state index contributed by atoms with van der Waals surface area (Å²) in [5.74, 6) is 11.3. The molecule has 0 amide bonds. The molecule has 0 saturated carbocycles. The van der Waals surface area contributed by atoms with Crippen LogP contribution in [0, 0.1) is 18.8 Å². The summed E-state index contributed by atoms with van der Waals surface area (Å²) in [4.78, 5) is 7.65. The van der Waals surface area contributed by atoms with Gasteiger partial charge in [0.05, 0.1) is 12.2 Å². The van der Waals surface area contributed by atoms with Crippen molar-refractivity contribution in [3.63, 3.8) is 0 Å². The van der Waals surface area contributed by atoms with Crippen molar-refractivity contribution in [2.45, 2.75) is 32.3 Å². The highest BCUT2D eigenvalue weighted by Crippen LogP contribution is 2.10.